The SMILES string of the molecule is CN=C(NCc1ccccc1Cn1cccn1)NCC1Cc2ccccc21.I. The number of fused-ring (bicyclic) bond motifs is 1. The van der Waals surface area contributed by atoms with Gasteiger partial charge in [0, 0.05) is 38.4 Å². The minimum Gasteiger partial charge on any atom is -0.356 e. The van der Waals surface area contributed by atoms with Gasteiger partial charge in [0.2, 0.25) is 0 Å². The first-order valence-corrected chi connectivity index (χ1v) is 9.40. The van der Waals surface area contributed by atoms with Gasteiger partial charge in [-0.3, -0.25) is 9.67 Å². The van der Waals surface area contributed by atoms with E-state index in [1.165, 1.54) is 22.3 Å². The first-order valence-electron chi connectivity index (χ1n) is 9.40. The van der Waals surface area contributed by atoms with Crippen LogP contribution in [0.5, 0.6) is 0 Å². The summed E-state index contributed by atoms with van der Waals surface area (Å²) in [6.07, 6.45) is 4.94. The van der Waals surface area contributed by atoms with Crippen molar-refractivity contribution in [1.29, 1.82) is 0 Å². The average molecular weight is 487 g/mol. The van der Waals surface area contributed by atoms with Crippen LogP contribution in [-0.4, -0.2) is 29.3 Å². The lowest BCUT2D eigenvalue weighted by molar-refractivity contribution is 0.583. The standard InChI is InChI=1S/C22H25N5.HI/c1-23-22(25-15-20-13-17-7-4-5-10-21(17)20)24-14-18-8-2-3-9-19(18)16-27-12-6-11-26-27;/h2-12,20H,13-16H2,1H3,(H2,23,24,25);1H. The maximum absolute atomic E-state index is 4.37. The van der Waals surface area contributed by atoms with Crippen molar-refractivity contribution in [2.24, 2.45) is 4.99 Å². The number of hydrogen-bond donors (Lipinski definition) is 2. The van der Waals surface area contributed by atoms with Crippen LogP contribution >= 0.6 is 24.0 Å². The Morgan fingerprint density at radius 2 is 1.86 bits per heavy atom. The van der Waals surface area contributed by atoms with Gasteiger partial charge in [-0.15, -0.1) is 24.0 Å². The van der Waals surface area contributed by atoms with Gasteiger partial charge in [-0.2, -0.15) is 5.10 Å². The molecule has 0 saturated carbocycles. The Balaban J connectivity index is 0.00000225. The maximum Gasteiger partial charge on any atom is 0.191 e. The molecule has 2 aromatic carbocycles. The molecule has 1 atom stereocenters. The summed E-state index contributed by atoms with van der Waals surface area (Å²) >= 11 is 0. The molecule has 0 bridgehead atoms. The summed E-state index contributed by atoms with van der Waals surface area (Å²) in [7, 11) is 1.82. The molecule has 5 nitrogen and oxygen atoms in total. The molecule has 0 spiro atoms. The zero-order chi connectivity index (χ0) is 18.5. The lowest BCUT2D eigenvalue weighted by Gasteiger charge is -2.30. The minimum absolute atomic E-state index is 0. The third kappa shape index (κ3) is 4.73. The Bertz CT molecular complexity index is 920. The third-order valence-electron chi connectivity index (χ3n) is 5.16. The third-order valence-corrected chi connectivity index (χ3v) is 5.16. The van der Waals surface area contributed by atoms with E-state index >= 15 is 0 Å². The lowest BCUT2D eigenvalue weighted by atomic mass is 9.78. The molecule has 3 aromatic rings. The smallest absolute Gasteiger partial charge is 0.191 e. The average Bonchev–Trinajstić information content (AvgIpc) is 3.19. The van der Waals surface area contributed by atoms with E-state index in [1.54, 1.807) is 0 Å². The second-order valence-corrected chi connectivity index (χ2v) is 6.88. The predicted molar refractivity (Wildman–Crippen MR) is 124 cm³/mol. The van der Waals surface area contributed by atoms with Crippen molar-refractivity contribution >= 4 is 29.9 Å². The zero-order valence-electron chi connectivity index (χ0n) is 16.0. The predicted octanol–water partition coefficient (Wildman–Crippen LogP) is 3.55. The van der Waals surface area contributed by atoms with E-state index in [1.807, 2.05) is 30.2 Å². The number of nitrogens with one attached hydrogen (secondary N) is 2. The van der Waals surface area contributed by atoms with Crippen LogP contribution in [0.4, 0.5) is 0 Å². The summed E-state index contributed by atoms with van der Waals surface area (Å²) in [5.41, 5.74) is 5.45. The van der Waals surface area contributed by atoms with Gasteiger partial charge in [-0.1, -0.05) is 48.5 Å². The second kappa shape index (κ2) is 9.73. The molecule has 0 saturated heterocycles. The molecule has 4 rings (SSSR count). The largest absolute Gasteiger partial charge is 0.356 e. The van der Waals surface area contributed by atoms with E-state index in [-0.39, 0.29) is 24.0 Å². The van der Waals surface area contributed by atoms with Crippen molar-refractivity contribution in [2.45, 2.75) is 25.4 Å². The Morgan fingerprint density at radius 1 is 1.07 bits per heavy atom. The minimum atomic E-state index is 0. The first kappa shape index (κ1) is 20.4. The molecule has 0 fully saturated rings. The Hall–Kier alpha value is -2.35. The number of halogens is 1. The van der Waals surface area contributed by atoms with Gasteiger partial charge >= 0.3 is 0 Å². The summed E-state index contributed by atoms with van der Waals surface area (Å²) in [5, 5.41) is 11.2. The number of hydrogen-bond acceptors (Lipinski definition) is 2. The number of aromatic nitrogens is 2. The van der Waals surface area contributed by atoms with Crippen molar-refractivity contribution in [1.82, 2.24) is 20.4 Å². The summed E-state index contributed by atoms with van der Waals surface area (Å²) < 4.78 is 1.94. The topological polar surface area (TPSA) is 54.2 Å². The van der Waals surface area contributed by atoms with Crippen LogP contribution < -0.4 is 10.6 Å². The van der Waals surface area contributed by atoms with Crippen molar-refractivity contribution < 1.29 is 0 Å². The quantitative estimate of drug-likeness (QED) is 0.318. The monoisotopic (exact) mass is 487 g/mol. The lowest BCUT2D eigenvalue weighted by Crippen LogP contribution is -2.41. The van der Waals surface area contributed by atoms with E-state index in [9.17, 15) is 0 Å². The van der Waals surface area contributed by atoms with Gasteiger partial charge < -0.3 is 10.6 Å². The molecule has 1 aromatic heterocycles. The summed E-state index contributed by atoms with van der Waals surface area (Å²) in [6, 6.07) is 19.1. The van der Waals surface area contributed by atoms with E-state index < -0.39 is 0 Å². The van der Waals surface area contributed by atoms with Crippen LogP contribution in [0.1, 0.15) is 28.2 Å². The fourth-order valence-electron chi connectivity index (χ4n) is 3.62. The van der Waals surface area contributed by atoms with Crippen LogP contribution in [0.15, 0.2) is 72.0 Å². The maximum atomic E-state index is 4.37. The number of benzene rings is 2. The molecule has 1 heterocycles. The van der Waals surface area contributed by atoms with E-state index in [2.05, 4.69) is 69.3 Å². The first-order chi connectivity index (χ1) is 13.3. The van der Waals surface area contributed by atoms with Crippen molar-refractivity contribution in [3.8, 4) is 0 Å². The number of nitrogens with zero attached hydrogens (tertiary/aromatic N) is 3. The molecule has 1 aliphatic rings. The highest BCUT2D eigenvalue weighted by atomic mass is 127. The fourth-order valence-corrected chi connectivity index (χ4v) is 3.62. The van der Waals surface area contributed by atoms with Crippen molar-refractivity contribution in [3.63, 3.8) is 0 Å². The van der Waals surface area contributed by atoms with Crippen LogP contribution in [0, 0.1) is 0 Å². The Morgan fingerprint density at radius 3 is 2.61 bits per heavy atom. The van der Waals surface area contributed by atoms with E-state index in [0.717, 1.165) is 32.0 Å². The van der Waals surface area contributed by atoms with Crippen LogP contribution in [-0.2, 0) is 19.5 Å². The summed E-state index contributed by atoms with van der Waals surface area (Å²) in [5.74, 6) is 1.42. The molecule has 2 N–H and O–H groups in total. The highest BCUT2D eigenvalue weighted by molar-refractivity contribution is 14.0. The normalized spacial score (nSPS) is 15.2. The Kier molecular flexibility index (Phi) is 7.08. The van der Waals surface area contributed by atoms with Gasteiger partial charge in [0.15, 0.2) is 5.96 Å². The molecule has 6 heteroatoms. The van der Waals surface area contributed by atoms with Crippen LogP contribution in [0.25, 0.3) is 0 Å². The number of aliphatic imine (C=N–C) groups is 1. The van der Waals surface area contributed by atoms with Gasteiger partial charge in [0.25, 0.3) is 0 Å². The summed E-state index contributed by atoms with van der Waals surface area (Å²) in [4.78, 5) is 4.37. The van der Waals surface area contributed by atoms with Crippen molar-refractivity contribution in [2.75, 3.05) is 13.6 Å². The Labute approximate surface area is 183 Å². The van der Waals surface area contributed by atoms with Crippen LogP contribution in [0.2, 0.25) is 0 Å². The molecule has 0 aliphatic heterocycles. The molecule has 146 valence electrons. The van der Waals surface area contributed by atoms with Crippen molar-refractivity contribution in [3.05, 3.63) is 89.2 Å². The fraction of sp³-hybridized carbons (Fsp3) is 0.273. The molecule has 1 unspecified atom stereocenters. The van der Waals surface area contributed by atoms with Gasteiger partial charge in [0.1, 0.15) is 0 Å². The molecular formula is C22H26IN5. The number of rotatable bonds is 6. The second-order valence-electron chi connectivity index (χ2n) is 6.88. The zero-order valence-corrected chi connectivity index (χ0v) is 18.3. The molecule has 1 aliphatic carbocycles. The van der Waals surface area contributed by atoms with Crippen LogP contribution in [0.3, 0.4) is 0 Å². The molecule has 28 heavy (non-hydrogen) atoms. The van der Waals surface area contributed by atoms with E-state index in [4.69, 9.17) is 0 Å². The summed E-state index contributed by atoms with van der Waals surface area (Å²) in [6.45, 7) is 2.42. The van der Waals surface area contributed by atoms with Gasteiger partial charge in [-0.25, -0.2) is 0 Å². The van der Waals surface area contributed by atoms with Gasteiger partial charge in [0.05, 0.1) is 6.54 Å². The van der Waals surface area contributed by atoms with Gasteiger partial charge in [-0.05, 0) is 34.7 Å². The highest BCUT2D eigenvalue weighted by Gasteiger charge is 2.25. The molecular weight excluding hydrogens is 461 g/mol. The molecule has 0 radical (unpaired) electrons. The molecule has 0 amide bonds. The highest BCUT2D eigenvalue weighted by Crippen LogP contribution is 2.33. The van der Waals surface area contributed by atoms with E-state index in [0.29, 0.717) is 5.92 Å². The number of guanidine groups is 1.